The van der Waals surface area contributed by atoms with Crippen LogP contribution in [0.4, 0.5) is 0 Å². The van der Waals surface area contributed by atoms with E-state index in [1.807, 2.05) is 0 Å². The van der Waals surface area contributed by atoms with Gasteiger partial charge in [0.1, 0.15) is 0 Å². The van der Waals surface area contributed by atoms with Crippen LogP contribution in [0.25, 0.3) is 0 Å². The molecular formula is C17H26N2O. The fraction of sp³-hybridized carbons (Fsp3) is 0.647. The standard InChI is InChI=1S/C17H26N2O/c1-18-8-9-19(2)16(12-18)17(20)11-13-6-7-14-4-3-5-15(14)10-13/h6-7,10,16-17,20H,3-5,8-9,11-12H2,1-2H3. The predicted molar refractivity (Wildman–Crippen MR) is 82.1 cm³/mol. The van der Waals surface area contributed by atoms with Crippen LogP contribution in [-0.2, 0) is 19.3 Å². The summed E-state index contributed by atoms with van der Waals surface area (Å²) < 4.78 is 0. The molecule has 1 aliphatic carbocycles. The van der Waals surface area contributed by atoms with Crippen molar-refractivity contribution in [2.75, 3.05) is 33.7 Å². The predicted octanol–water partition coefficient (Wildman–Crippen LogP) is 1.32. The minimum absolute atomic E-state index is 0.252. The maximum atomic E-state index is 10.6. The van der Waals surface area contributed by atoms with Crippen molar-refractivity contribution in [3.8, 4) is 0 Å². The first kappa shape index (κ1) is 14.1. The summed E-state index contributed by atoms with van der Waals surface area (Å²) in [5, 5.41) is 10.6. The minimum Gasteiger partial charge on any atom is -0.391 e. The molecule has 3 rings (SSSR count). The average Bonchev–Trinajstić information content (AvgIpc) is 2.89. The number of rotatable bonds is 3. The lowest BCUT2D eigenvalue weighted by atomic mass is 9.97. The first-order chi connectivity index (χ1) is 9.63. The molecule has 110 valence electrons. The number of fused-ring (bicyclic) bond motifs is 1. The van der Waals surface area contributed by atoms with Crippen LogP contribution < -0.4 is 0 Å². The van der Waals surface area contributed by atoms with Crippen molar-refractivity contribution in [3.63, 3.8) is 0 Å². The van der Waals surface area contributed by atoms with Crippen molar-refractivity contribution in [3.05, 3.63) is 34.9 Å². The van der Waals surface area contributed by atoms with Crippen LogP contribution in [0.5, 0.6) is 0 Å². The van der Waals surface area contributed by atoms with Gasteiger partial charge >= 0.3 is 0 Å². The Morgan fingerprint density at radius 1 is 1.20 bits per heavy atom. The zero-order chi connectivity index (χ0) is 14.1. The Balaban J connectivity index is 1.67. The molecule has 0 aromatic heterocycles. The summed E-state index contributed by atoms with van der Waals surface area (Å²) in [7, 11) is 4.27. The fourth-order valence-electron chi connectivity index (χ4n) is 3.59. The SMILES string of the molecule is CN1CCN(C)C(C(O)Cc2ccc3c(c2)CCC3)C1. The van der Waals surface area contributed by atoms with Crippen LogP contribution in [-0.4, -0.2) is 60.8 Å². The smallest absolute Gasteiger partial charge is 0.0747 e. The van der Waals surface area contributed by atoms with E-state index in [-0.39, 0.29) is 12.1 Å². The fourth-order valence-corrected chi connectivity index (χ4v) is 3.59. The Morgan fingerprint density at radius 2 is 2.00 bits per heavy atom. The zero-order valence-corrected chi connectivity index (χ0v) is 12.7. The molecule has 0 amide bonds. The number of nitrogens with zero attached hydrogens (tertiary/aromatic N) is 2. The first-order valence-electron chi connectivity index (χ1n) is 7.81. The highest BCUT2D eigenvalue weighted by Gasteiger charge is 2.28. The molecule has 3 nitrogen and oxygen atoms in total. The molecule has 2 aliphatic rings. The third kappa shape index (κ3) is 2.90. The van der Waals surface area contributed by atoms with Gasteiger partial charge < -0.3 is 10.0 Å². The Bertz CT molecular complexity index is 474. The highest BCUT2D eigenvalue weighted by atomic mass is 16.3. The van der Waals surface area contributed by atoms with E-state index in [4.69, 9.17) is 0 Å². The minimum atomic E-state index is -0.276. The van der Waals surface area contributed by atoms with Crippen LogP contribution in [0.15, 0.2) is 18.2 Å². The van der Waals surface area contributed by atoms with Crippen molar-refractivity contribution in [1.29, 1.82) is 0 Å². The third-order valence-corrected chi connectivity index (χ3v) is 4.95. The van der Waals surface area contributed by atoms with Gasteiger partial charge in [-0.3, -0.25) is 4.90 Å². The zero-order valence-electron chi connectivity index (χ0n) is 12.7. The van der Waals surface area contributed by atoms with E-state index in [1.165, 1.54) is 36.0 Å². The summed E-state index contributed by atoms with van der Waals surface area (Å²) >= 11 is 0. The van der Waals surface area contributed by atoms with E-state index in [1.54, 1.807) is 0 Å². The number of aliphatic hydroxyl groups is 1. The Morgan fingerprint density at radius 3 is 2.85 bits per heavy atom. The van der Waals surface area contributed by atoms with Crippen LogP contribution in [0, 0.1) is 0 Å². The van der Waals surface area contributed by atoms with Crippen LogP contribution >= 0.6 is 0 Å². The van der Waals surface area contributed by atoms with Crippen molar-refractivity contribution in [2.45, 2.75) is 37.8 Å². The lowest BCUT2D eigenvalue weighted by Crippen LogP contribution is -2.55. The molecule has 1 aromatic rings. The highest BCUT2D eigenvalue weighted by molar-refractivity contribution is 5.35. The molecule has 0 spiro atoms. The van der Waals surface area contributed by atoms with Crippen molar-refractivity contribution in [2.24, 2.45) is 0 Å². The Hall–Kier alpha value is -0.900. The first-order valence-corrected chi connectivity index (χ1v) is 7.81. The van der Waals surface area contributed by atoms with E-state index in [0.29, 0.717) is 0 Å². The second-order valence-corrected chi connectivity index (χ2v) is 6.54. The van der Waals surface area contributed by atoms with Gasteiger partial charge in [-0.2, -0.15) is 0 Å². The van der Waals surface area contributed by atoms with E-state index in [2.05, 4.69) is 42.1 Å². The molecule has 1 aliphatic heterocycles. The molecule has 20 heavy (non-hydrogen) atoms. The van der Waals surface area contributed by atoms with E-state index >= 15 is 0 Å². The number of benzene rings is 1. The molecule has 1 N–H and O–H groups in total. The molecule has 1 fully saturated rings. The van der Waals surface area contributed by atoms with Crippen LogP contribution in [0.2, 0.25) is 0 Å². The Labute approximate surface area is 122 Å². The van der Waals surface area contributed by atoms with Crippen molar-refractivity contribution < 1.29 is 5.11 Å². The molecular weight excluding hydrogens is 248 g/mol. The summed E-state index contributed by atoms with van der Waals surface area (Å²) in [6.07, 6.45) is 4.23. The van der Waals surface area contributed by atoms with Crippen molar-refractivity contribution >= 4 is 0 Å². The van der Waals surface area contributed by atoms with Crippen LogP contribution in [0.1, 0.15) is 23.1 Å². The van der Waals surface area contributed by atoms with E-state index < -0.39 is 0 Å². The second kappa shape index (κ2) is 5.84. The lowest BCUT2D eigenvalue weighted by Gasteiger charge is -2.40. The number of piperazine rings is 1. The quantitative estimate of drug-likeness (QED) is 0.901. The number of hydrogen-bond acceptors (Lipinski definition) is 3. The third-order valence-electron chi connectivity index (χ3n) is 4.95. The van der Waals surface area contributed by atoms with Gasteiger partial charge in [-0.25, -0.2) is 0 Å². The summed E-state index contributed by atoms with van der Waals surface area (Å²) in [5.74, 6) is 0. The monoisotopic (exact) mass is 274 g/mol. The van der Waals surface area contributed by atoms with Gasteiger partial charge in [0.15, 0.2) is 0 Å². The van der Waals surface area contributed by atoms with Gasteiger partial charge in [-0.15, -0.1) is 0 Å². The number of aliphatic hydroxyl groups excluding tert-OH is 1. The van der Waals surface area contributed by atoms with E-state index in [0.717, 1.165) is 26.1 Å². The van der Waals surface area contributed by atoms with Crippen LogP contribution in [0.3, 0.4) is 0 Å². The second-order valence-electron chi connectivity index (χ2n) is 6.54. The molecule has 2 unspecified atom stereocenters. The van der Waals surface area contributed by atoms with Gasteiger partial charge in [0.2, 0.25) is 0 Å². The summed E-state index contributed by atoms with van der Waals surface area (Å²) in [6, 6.07) is 7.04. The van der Waals surface area contributed by atoms with Gasteiger partial charge in [0.05, 0.1) is 6.10 Å². The molecule has 1 heterocycles. The van der Waals surface area contributed by atoms with Gasteiger partial charge in [-0.1, -0.05) is 18.2 Å². The highest BCUT2D eigenvalue weighted by Crippen LogP contribution is 2.24. The molecule has 2 atom stereocenters. The summed E-state index contributed by atoms with van der Waals surface area (Å²) in [5.41, 5.74) is 4.31. The van der Waals surface area contributed by atoms with Gasteiger partial charge in [0.25, 0.3) is 0 Å². The number of likely N-dealkylation sites (N-methyl/N-ethyl adjacent to an activating group) is 2. The molecule has 3 heteroatoms. The largest absolute Gasteiger partial charge is 0.391 e. The van der Waals surface area contributed by atoms with Gasteiger partial charge in [-0.05, 0) is 56.5 Å². The summed E-state index contributed by atoms with van der Waals surface area (Å²) in [6.45, 7) is 3.10. The Kier molecular flexibility index (Phi) is 4.11. The maximum Gasteiger partial charge on any atom is 0.0747 e. The average molecular weight is 274 g/mol. The van der Waals surface area contributed by atoms with E-state index in [9.17, 15) is 5.11 Å². The maximum absolute atomic E-state index is 10.6. The molecule has 0 bridgehead atoms. The summed E-state index contributed by atoms with van der Waals surface area (Å²) in [4.78, 5) is 4.62. The normalized spacial score (nSPS) is 25.6. The molecule has 1 saturated heterocycles. The lowest BCUT2D eigenvalue weighted by molar-refractivity contribution is 0.0153. The number of hydrogen-bond donors (Lipinski definition) is 1. The topological polar surface area (TPSA) is 26.7 Å². The van der Waals surface area contributed by atoms with Gasteiger partial charge in [0, 0.05) is 25.7 Å². The molecule has 1 aromatic carbocycles. The van der Waals surface area contributed by atoms with Crippen molar-refractivity contribution in [1.82, 2.24) is 9.80 Å². The number of aryl methyl sites for hydroxylation is 2. The molecule has 0 saturated carbocycles. The molecule has 0 radical (unpaired) electrons.